The van der Waals surface area contributed by atoms with Gasteiger partial charge in [-0.05, 0) is 65.4 Å². The molecular weight excluding hydrogens is 467 g/mol. The molecule has 35 heavy (non-hydrogen) atoms. The molecular formula is C26H32ClFN6O. The van der Waals surface area contributed by atoms with Gasteiger partial charge >= 0.3 is 0 Å². The number of nitrogens with zero attached hydrogens (tertiary/aromatic N) is 4. The number of nitrogens with two attached hydrogens (primary N) is 1. The third kappa shape index (κ3) is 4.43. The minimum absolute atomic E-state index is 0.0830. The van der Waals surface area contributed by atoms with Crippen LogP contribution in [-0.4, -0.2) is 61.5 Å². The zero-order valence-electron chi connectivity index (χ0n) is 20.7. The highest BCUT2D eigenvalue weighted by atomic mass is 35.5. The van der Waals surface area contributed by atoms with Gasteiger partial charge in [-0.1, -0.05) is 11.6 Å². The fourth-order valence-electron chi connectivity index (χ4n) is 5.47. The van der Waals surface area contributed by atoms with E-state index in [0.717, 1.165) is 31.4 Å². The van der Waals surface area contributed by atoms with Crippen molar-refractivity contribution in [3.05, 3.63) is 40.3 Å². The first-order valence-corrected chi connectivity index (χ1v) is 12.2. The maximum absolute atomic E-state index is 15.9. The number of aromatic nitrogens is 1. The van der Waals surface area contributed by atoms with E-state index in [0.29, 0.717) is 35.9 Å². The highest BCUT2D eigenvalue weighted by Gasteiger charge is 2.52. The van der Waals surface area contributed by atoms with E-state index in [2.05, 4.69) is 16.4 Å². The molecule has 9 heteroatoms. The molecule has 0 bridgehead atoms. The number of rotatable bonds is 6. The minimum atomic E-state index is -0.702. The second kappa shape index (κ2) is 9.29. The average Bonchev–Trinajstić information content (AvgIpc) is 3.35. The Kier molecular flexibility index (Phi) is 6.69. The van der Waals surface area contributed by atoms with Crippen LogP contribution in [0, 0.1) is 22.6 Å². The van der Waals surface area contributed by atoms with Crippen LogP contribution in [0.5, 0.6) is 0 Å². The number of fused-ring (bicyclic) bond motifs is 2. The lowest BCUT2D eigenvalue weighted by molar-refractivity contribution is 0.0787. The van der Waals surface area contributed by atoms with Gasteiger partial charge in [-0.25, -0.2) is 9.37 Å². The normalized spacial score (nSPS) is 22.8. The van der Waals surface area contributed by atoms with Gasteiger partial charge in [-0.15, -0.1) is 0 Å². The summed E-state index contributed by atoms with van der Waals surface area (Å²) in [6.07, 6.45) is 4.52. The summed E-state index contributed by atoms with van der Waals surface area (Å²) < 4.78 is 15.9. The Morgan fingerprint density at radius 1 is 1.29 bits per heavy atom. The van der Waals surface area contributed by atoms with Crippen LogP contribution < -0.4 is 11.1 Å². The Bertz CT molecular complexity index is 1210. The number of pyridine rings is 1. The largest absolute Gasteiger partial charge is 0.398 e. The number of hydrogen-bond acceptors (Lipinski definition) is 6. The van der Waals surface area contributed by atoms with E-state index in [-0.39, 0.29) is 22.2 Å². The van der Waals surface area contributed by atoms with Crippen molar-refractivity contribution in [2.24, 2.45) is 5.41 Å². The molecule has 4 rings (SSSR count). The van der Waals surface area contributed by atoms with Crippen LogP contribution in [0.15, 0.2) is 18.3 Å². The molecule has 0 saturated heterocycles. The number of carbonyl (C=O) groups excluding carboxylic acids is 1. The number of anilines is 2. The maximum Gasteiger partial charge on any atom is 0.258 e. The number of benzene rings is 1. The molecule has 186 valence electrons. The van der Waals surface area contributed by atoms with Crippen LogP contribution in [0.4, 0.5) is 15.9 Å². The molecule has 0 radical (unpaired) electrons. The highest BCUT2D eigenvalue weighted by Crippen LogP contribution is 2.57. The third-order valence-electron chi connectivity index (χ3n) is 7.42. The standard InChI is InChI=1S/C26H32ClFN6O/c1-25(14-29)8-9-26(13-25)15-32-23-20(26)21(27)17(12-31-23)16-6-7-18(30)19(22(16)28)24(35)34(4)11-5-10-33(2)3/h6-7,12H,5,8-11,13,15,30H2,1-4H3,(H,31,32)/t25-,26+/m0/s1. The lowest BCUT2D eigenvalue weighted by atomic mass is 9.77. The van der Waals surface area contributed by atoms with Crippen molar-refractivity contribution in [3.63, 3.8) is 0 Å². The fraction of sp³-hybridized carbons (Fsp3) is 0.500. The van der Waals surface area contributed by atoms with Crippen LogP contribution in [0.1, 0.15) is 48.5 Å². The minimum Gasteiger partial charge on any atom is -0.398 e. The number of halogens is 2. The van der Waals surface area contributed by atoms with Gasteiger partial charge in [-0.2, -0.15) is 5.26 Å². The summed E-state index contributed by atoms with van der Waals surface area (Å²) in [5, 5.41) is 13.4. The topological polar surface area (TPSA) is 98.3 Å². The van der Waals surface area contributed by atoms with Gasteiger partial charge in [0.25, 0.3) is 5.91 Å². The first-order chi connectivity index (χ1) is 16.5. The molecule has 0 unspecified atom stereocenters. The quantitative estimate of drug-likeness (QED) is 0.568. The van der Waals surface area contributed by atoms with Crippen LogP contribution in [0.2, 0.25) is 5.02 Å². The van der Waals surface area contributed by atoms with Gasteiger partial charge in [0.2, 0.25) is 0 Å². The number of hydrogen-bond donors (Lipinski definition) is 2. The highest BCUT2D eigenvalue weighted by molar-refractivity contribution is 6.34. The predicted molar refractivity (Wildman–Crippen MR) is 137 cm³/mol. The summed E-state index contributed by atoms with van der Waals surface area (Å²) in [5.74, 6) is -0.496. The number of amides is 1. The van der Waals surface area contributed by atoms with Crippen molar-refractivity contribution in [3.8, 4) is 17.2 Å². The summed E-state index contributed by atoms with van der Waals surface area (Å²) in [6, 6.07) is 5.53. The van der Waals surface area contributed by atoms with Gasteiger partial charge in [0, 0.05) is 54.1 Å². The van der Waals surface area contributed by atoms with Crippen LogP contribution in [0.3, 0.4) is 0 Å². The summed E-state index contributed by atoms with van der Waals surface area (Å²) in [7, 11) is 5.57. The zero-order valence-corrected chi connectivity index (χ0v) is 21.5. The molecule has 1 aliphatic carbocycles. The van der Waals surface area contributed by atoms with Crippen molar-refractivity contribution in [1.29, 1.82) is 5.26 Å². The van der Waals surface area contributed by atoms with Crippen LogP contribution >= 0.6 is 11.6 Å². The average molecular weight is 499 g/mol. The monoisotopic (exact) mass is 498 g/mol. The van der Waals surface area contributed by atoms with E-state index < -0.39 is 17.1 Å². The fourth-order valence-corrected chi connectivity index (χ4v) is 5.91. The molecule has 2 atom stereocenters. The second-order valence-corrected chi connectivity index (χ2v) is 10.8. The first kappa shape index (κ1) is 25.2. The number of nitrogens with one attached hydrogen (secondary N) is 1. The van der Waals surface area contributed by atoms with Crippen molar-refractivity contribution in [1.82, 2.24) is 14.8 Å². The first-order valence-electron chi connectivity index (χ1n) is 11.8. The Hall–Kier alpha value is -2.89. The van der Waals surface area contributed by atoms with Gasteiger partial charge in [0.15, 0.2) is 0 Å². The summed E-state index contributed by atoms with van der Waals surface area (Å²) in [4.78, 5) is 21.2. The van der Waals surface area contributed by atoms with Gasteiger partial charge in [0.05, 0.1) is 22.1 Å². The molecule has 2 aromatic rings. The van der Waals surface area contributed by atoms with E-state index in [9.17, 15) is 10.1 Å². The van der Waals surface area contributed by atoms with Crippen LogP contribution in [0.25, 0.3) is 11.1 Å². The van der Waals surface area contributed by atoms with Crippen molar-refractivity contribution >= 4 is 29.0 Å². The molecule has 1 saturated carbocycles. The SMILES string of the molecule is CN(C)CCCN(C)C(=O)c1c(N)ccc(-c2cnc3c(c2Cl)[C@@]2(CC[C@](C)(C#N)C2)CN3)c1F. The van der Waals surface area contributed by atoms with Gasteiger partial charge in [0.1, 0.15) is 11.6 Å². The molecule has 1 aromatic carbocycles. The van der Waals surface area contributed by atoms with Crippen LogP contribution in [-0.2, 0) is 5.41 Å². The molecule has 1 spiro atoms. The molecule has 7 nitrogen and oxygen atoms in total. The Balaban J connectivity index is 1.72. The van der Waals surface area contributed by atoms with E-state index in [1.165, 1.54) is 11.1 Å². The lowest BCUT2D eigenvalue weighted by Crippen LogP contribution is -2.31. The predicted octanol–water partition coefficient (Wildman–Crippen LogP) is 4.52. The third-order valence-corrected chi connectivity index (χ3v) is 7.81. The summed E-state index contributed by atoms with van der Waals surface area (Å²) >= 11 is 6.94. The number of carbonyl (C=O) groups is 1. The van der Waals surface area contributed by atoms with Crippen molar-refractivity contribution in [2.45, 2.75) is 38.0 Å². The molecule has 1 fully saturated rings. The molecule has 1 amide bonds. The Morgan fingerprint density at radius 3 is 2.69 bits per heavy atom. The van der Waals surface area contributed by atoms with Crippen molar-refractivity contribution < 1.29 is 9.18 Å². The van der Waals surface area contributed by atoms with E-state index in [4.69, 9.17) is 17.3 Å². The molecule has 2 aliphatic rings. The smallest absolute Gasteiger partial charge is 0.258 e. The zero-order chi connectivity index (χ0) is 25.5. The van der Waals surface area contributed by atoms with Crippen molar-refractivity contribution in [2.75, 3.05) is 51.8 Å². The maximum atomic E-state index is 15.9. The van der Waals surface area contributed by atoms with E-state index in [1.54, 1.807) is 19.2 Å². The Morgan fingerprint density at radius 2 is 2.03 bits per heavy atom. The second-order valence-electron chi connectivity index (χ2n) is 10.5. The molecule has 2 heterocycles. The lowest BCUT2D eigenvalue weighted by Gasteiger charge is -2.26. The summed E-state index contributed by atoms with van der Waals surface area (Å²) in [5.41, 5.74) is 6.67. The molecule has 1 aliphatic heterocycles. The van der Waals surface area contributed by atoms with Gasteiger partial charge in [-0.3, -0.25) is 4.79 Å². The Labute approximate surface area is 211 Å². The number of nitrogen functional groups attached to an aromatic ring is 1. The molecule has 1 aromatic heterocycles. The van der Waals surface area contributed by atoms with Gasteiger partial charge < -0.3 is 20.9 Å². The summed E-state index contributed by atoms with van der Waals surface area (Å²) in [6.45, 7) is 3.90. The van der Waals surface area contributed by atoms with E-state index in [1.807, 2.05) is 25.9 Å². The number of nitriles is 1. The van der Waals surface area contributed by atoms with E-state index >= 15 is 4.39 Å². The molecule has 3 N–H and O–H groups in total.